The molecular weight excluding hydrogens is 300 g/mol. The van der Waals surface area contributed by atoms with Crippen molar-refractivity contribution < 1.29 is 13.2 Å². The molecule has 0 unspecified atom stereocenters. The van der Waals surface area contributed by atoms with E-state index in [1.165, 1.54) is 11.3 Å². The summed E-state index contributed by atoms with van der Waals surface area (Å²) < 4.78 is 22.6. The van der Waals surface area contributed by atoms with E-state index in [4.69, 9.17) is 11.6 Å². The number of urea groups is 1. The molecule has 1 saturated heterocycles. The van der Waals surface area contributed by atoms with E-state index in [9.17, 15) is 13.2 Å². The average Bonchev–Trinajstić information content (AvgIpc) is 2.71. The van der Waals surface area contributed by atoms with Crippen molar-refractivity contribution in [3.8, 4) is 0 Å². The summed E-state index contributed by atoms with van der Waals surface area (Å²) in [6, 6.07) is -1.11. The van der Waals surface area contributed by atoms with E-state index in [1.54, 1.807) is 6.92 Å². The van der Waals surface area contributed by atoms with Crippen molar-refractivity contribution >= 4 is 43.9 Å². The van der Waals surface area contributed by atoms with Crippen LogP contribution in [0.15, 0.2) is 0 Å². The second-order valence-electron chi connectivity index (χ2n) is 3.92. The number of rotatable bonds is 2. The van der Waals surface area contributed by atoms with E-state index in [2.05, 4.69) is 20.8 Å². The first-order chi connectivity index (χ1) is 8.35. The molecule has 2 rings (SSSR count). The van der Waals surface area contributed by atoms with Gasteiger partial charge in [-0.3, -0.25) is 5.32 Å². The van der Waals surface area contributed by atoms with E-state index >= 15 is 0 Å². The summed E-state index contributed by atoms with van der Waals surface area (Å²) in [6.45, 7) is 1.76. The maximum absolute atomic E-state index is 11.6. The van der Waals surface area contributed by atoms with Crippen molar-refractivity contribution in [3.63, 3.8) is 0 Å². The van der Waals surface area contributed by atoms with Gasteiger partial charge < -0.3 is 5.32 Å². The quantitative estimate of drug-likeness (QED) is 0.769. The van der Waals surface area contributed by atoms with Crippen molar-refractivity contribution in [2.75, 3.05) is 16.8 Å². The van der Waals surface area contributed by atoms with E-state index in [1.807, 2.05) is 0 Å². The molecular formula is C8H11ClN4O3S2. The van der Waals surface area contributed by atoms with Crippen LogP contribution in [0.25, 0.3) is 0 Å². The number of nitrogens with zero attached hydrogens (tertiary/aromatic N) is 2. The van der Waals surface area contributed by atoms with Crippen molar-refractivity contribution in [3.05, 3.63) is 5.01 Å². The highest BCUT2D eigenvalue weighted by molar-refractivity contribution is 7.91. The van der Waals surface area contributed by atoms with Crippen LogP contribution < -0.4 is 10.6 Å². The Bertz CT molecular complexity index is 558. The molecule has 100 valence electrons. The van der Waals surface area contributed by atoms with E-state index in [0.717, 1.165) is 5.01 Å². The third-order valence-electron chi connectivity index (χ3n) is 2.35. The Morgan fingerprint density at radius 3 is 2.67 bits per heavy atom. The van der Waals surface area contributed by atoms with Gasteiger partial charge in [0.1, 0.15) is 5.01 Å². The lowest BCUT2D eigenvalue weighted by atomic mass is 10.2. The van der Waals surface area contributed by atoms with Gasteiger partial charge in [-0.05, 0) is 6.92 Å². The highest BCUT2D eigenvalue weighted by Gasteiger charge is 2.37. The molecule has 1 fully saturated rings. The predicted molar refractivity (Wildman–Crippen MR) is 68.9 cm³/mol. The smallest absolute Gasteiger partial charge is 0.321 e. The minimum absolute atomic E-state index is 0.114. The SMILES string of the molecule is Cc1nnc(NC(=O)N[C@@H]2CS(=O)(=O)C[C@@H]2Cl)s1. The molecule has 0 spiro atoms. The van der Waals surface area contributed by atoms with Gasteiger partial charge in [0.05, 0.1) is 22.9 Å². The van der Waals surface area contributed by atoms with Gasteiger partial charge in [0.15, 0.2) is 9.84 Å². The summed E-state index contributed by atoms with van der Waals surface area (Å²) in [5.41, 5.74) is 0. The molecule has 0 bridgehead atoms. The maximum atomic E-state index is 11.6. The average molecular weight is 311 g/mol. The molecule has 1 aliphatic rings. The second kappa shape index (κ2) is 4.98. The Morgan fingerprint density at radius 1 is 1.44 bits per heavy atom. The molecule has 0 aliphatic carbocycles. The van der Waals surface area contributed by atoms with Crippen LogP contribution in [0.2, 0.25) is 0 Å². The summed E-state index contributed by atoms with van der Waals surface area (Å²) >= 11 is 7.10. The summed E-state index contributed by atoms with van der Waals surface area (Å²) in [4.78, 5) is 11.6. The summed E-state index contributed by atoms with van der Waals surface area (Å²) in [6.07, 6.45) is 0. The van der Waals surface area contributed by atoms with E-state index in [0.29, 0.717) is 5.13 Å². The van der Waals surface area contributed by atoms with Gasteiger partial charge in [-0.15, -0.1) is 21.8 Å². The first kappa shape index (κ1) is 13.5. The number of hydrogen-bond donors (Lipinski definition) is 2. The minimum atomic E-state index is -3.16. The van der Waals surface area contributed by atoms with Crippen molar-refractivity contribution in [1.29, 1.82) is 0 Å². The van der Waals surface area contributed by atoms with Crippen molar-refractivity contribution in [2.45, 2.75) is 18.3 Å². The predicted octanol–water partition coefficient (Wildman–Crippen LogP) is 0.372. The molecule has 2 heterocycles. The number of alkyl halides is 1. The molecule has 18 heavy (non-hydrogen) atoms. The summed E-state index contributed by atoms with van der Waals surface area (Å²) in [5.74, 6) is -0.249. The number of nitrogens with one attached hydrogen (secondary N) is 2. The molecule has 1 aromatic rings. The fourth-order valence-electron chi connectivity index (χ4n) is 1.59. The Balaban J connectivity index is 1.92. The van der Waals surface area contributed by atoms with Crippen LogP contribution in [-0.4, -0.2) is 47.6 Å². The van der Waals surface area contributed by atoms with Gasteiger partial charge in [0.25, 0.3) is 0 Å². The third kappa shape index (κ3) is 3.30. The highest BCUT2D eigenvalue weighted by atomic mass is 35.5. The maximum Gasteiger partial charge on any atom is 0.321 e. The number of anilines is 1. The van der Waals surface area contributed by atoms with Crippen LogP contribution in [0.5, 0.6) is 0 Å². The lowest BCUT2D eigenvalue weighted by molar-refractivity contribution is 0.249. The second-order valence-corrected chi connectivity index (χ2v) is 7.82. The number of carbonyl (C=O) groups excluding carboxylic acids is 1. The Kier molecular flexibility index (Phi) is 3.74. The number of halogens is 1. The molecule has 10 heteroatoms. The largest absolute Gasteiger partial charge is 0.333 e. The fraction of sp³-hybridized carbons (Fsp3) is 0.625. The van der Waals surface area contributed by atoms with Crippen LogP contribution >= 0.6 is 22.9 Å². The number of aryl methyl sites for hydroxylation is 1. The first-order valence-electron chi connectivity index (χ1n) is 5.08. The highest BCUT2D eigenvalue weighted by Crippen LogP contribution is 2.18. The van der Waals surface area contributed by atoms with Gasteiger partial charge in [0, 0.05) is 0 Å². The topological polar surface area (TPSA) is 101 Å². The Hall–Kier alpha value is -0.930. The van der Waals surface area contributed by atoms with Crippen LogP contribution in [-0.2, 0) is 9.84 Å². The summed E-state index contributed by atoms with van der Waals surface area (Å²) in [5, 5.41) is 12.9. The molecule has 7 nitrogen and oxygen atoms in total. The monoisotopic (exact) mass is 310 g/mol. The van der Waals surface area contributed by atoms with Crippen LogP contribution in [0.1, 0.15) is 5.01 Å². The first-order valence-corrected chi connectivity index (χ1v) is 8.15. The molecule has 1 aromatic heterocycles. The number of aromatic nitrogens is 2. The lowest BCUT2D eigenvalue weighted by Crippen LogP contribution is -2.42. The molecule has 0 radical (unpaired) electrons. The van der Waals surface area contributed by atoms with Crippen molar-refractivity contribution in [1.82, 2.24) is 15.5 Å². The zero-order valence-electron chi connectivity index (χ0n) is 9.38. The normalized spacial score (nSPS) is 25.9. The molecule has 2 N–H and O–H groups in total. The zero-order valence-corrected chi connectivity index (χ0v) is 11.8. The van der Waals surface area contributed by atoms with Gasteiger partial charge in [0.2, 0.25) is 5.13 Å². The molecule has 2 amide bonds. The Labute approximate surface area is 113 Å². The van der Waals surface area contributed by atoms with Crippen LogP contribution in [0, 0.1) is 6.92 Å². The molecule has 2 atom stereocenters. The molecule has 0 aromatic carbocycles. The number of hydrogen-bond acceptors (Lipinski definition) is 6. The van der Waals surface area contributed by atoms with Crippen LogP contribution in [0.4, 0.5) is 9.93 Å². The molecule has 0 saturated carbocycles. The third-order valence-corrected chi connectivity index (χ3v) is 5.48. The zero-order chi connectivity index (χ0) is 13.3. The number of amides is 2. The van der Waals surface area contributed by atoms with Gasteiger partial charge >= 0.3 is 6.03 Å². The fourth-order valence-corrected chi connectivity index (χ4v) is 4.72. The minimum Gasteiger partial charge on any atom is -0.333 e. The number of carbonyl (C=O) groups is 1. The Morgan fingerprint density at radius 2 is 2.17 bits per heavy atom. The van der Waals surface area contributed by atoms with Gasteiger partial charge in [-0.25, -0.2) is 13.2 Å². The number of sulfone groups is 1. The van der Waals surface area contributed by atoms with Crippen molar-refractivity contribution in [2.24, 2.45) is 0 Å². The van der Waals surface area contributed by atoms with Gasteiger partial charge in [-0.2, -0.15) is 0 Å². The molecule has 1 aliphatic heterocycles. The van der Waals surface area contributed by atoms with Gasteiger partial charge in [-0.1, -0.05) is 11.3 Å². The van der Waals surface area contributed by atoms with Crippen LogP contribution in [0.3, 0.4) is 0 Å². The lowest BCUT2D eigenvalue weighted by Gasteiger charge is -2.13. The standard InChI is InChI=1S/C8H11ClN4O3S2/c1-4-12-13-8(17-4)11-7(14)10-6-3-18(15,16)2-5(6)9/h5-6H,2-3H2,1H3,(H2,10,11,13,14)/t5-,6+/m0/s1. The van der Waals surface area contributed by atoms with E-state index < -0.39 is 27.3 Å². The summed E-state index contributed by atoms with van der Waals surface area (Å²) in [7, 11) is -3.16. The van der Waals surface area contributed by atoms with E-state index in [-0.39, 0.29) is 11.5 Å².